The highest BCUT2D eigenvalue weighted by molar-refractivity contribution is 5.94. The molecule has 0 bridgehead atoms. The van der Waals surface area contributed by atoms with Crippen molar-refractivity contribution in [1.29, 1.82) is 0 Å². The summed E-state index contributed by atoms with van der Waals surface area (Å²) in [6.45, 7) is 2.96. The van der Waals surface area contributed by atoms with E-state index in [0.29, 0.717) is 5.56 Å². The van der Waals surface area contributed by atoms with Crippen LogP contribution in [0.4, 0.5) is 0 Å². The van der Waals surface area contributed by atoms with E-state index in [1.165, 1.54) is 25.7 Å². The van der Waals surface area contributed by atoms with E-state index in [9.17, 15) is 4.79 Å². The van der Waals surface area contributed by atoms with E-state index >= 15 is 0 Å². The summed E-state index contributed by atoms with van der Waals surface area (Å²) in [4.78, 5) is 15.7. The van der Waals surface area contributed by atoms with Crippen molar-refractivity contribution in [2.24, 2.45) is 5.10 Å². The van der Waals surface area contributed by atoms with Gasteiger partial charge in [0.05, 0.1) is 12.8 Å². The maximum atomic E-state index is 11.8. The van der Waals surface area contributed by atoms with Gasteiger partial charge in [0.2, 0.25) is 0 Å². The number of hydrogen-bond acceptors (Lipinski definition) is 4. The fraction of sp³-hybridized carbons (Fsp3) is 0.350. The van der Waals surface area contributed by atoms with Crippen LogP contribution in [0.15, 0.2) is 53.9 Å². The van der Waals surface area contributed by atoms with Crippen LogP contribution >= 0.6 is 0 Å². The van der Waals surface area contributed by atoms with Crippen molar-refractivity contribution in [2.45, 2.75) is 39.0 Å². The largest absolute Gasteiger partial charge is 0.494 e. The molecule has 0 saturated carbocycles. The number of carbonyl (C=O) groups is 1. The van der Waals surface area contributed by atoms with E-state index in [1.54, 1.807) is 30.7 Å². The van der Waals surface area contributed by atoms with E-state index < -0.39 is 0 Å². The van der Waals surface area contributed by atoms with Crippen molar-refractivity contribution in [2.75, 3.05) is 6.61 Å². The van der Waals surface area contributed by atoms with Crippen molar-refractivity contribution in [3.63, 3.8) is 0 Å². The normalized spacial score (nSPS) is 10.8. The number of benzene rings is 1. The maximum absolute atomic E-state index is 11.8. The van der Waals surface area contributed by atoms with Gasteiger partial charge in [-0.2, -0.15) is 5.10 Å². The Hall–Kier alpha value is -2.69. The van der Waals surface area contributed by atoms with Crippen LogP contribution in [0, 0.1) is 0 Å². The predicted octanol–water partition coefficient (Wildman–Crippen LogP) is 4.19. The second-order valence-corrected chi connectivity index (χ2v) is 5.77. The highest BCUT2D eigenvalue weighted by Crippen LogP contribution is 2.12. The minimum absolute atomic E-state index is 0.262. The molecular formula is C20H25N3O2. The molecule has 0 aliphatic carbocycles. The fourth-order valence-electron chi connectivity index (χ4n) is 2.28. The van der Waals surface area contributed by atoms with Crippen molar-refractivity contribution < 1.29 is 9.53 Å². The van der Waals surface area contributed by atoms with Gasteiger partial charge in [-0.1, -0.05) is 32.6 Å². The first kappa shape index (κ1) is 18.6. The van der Waals surface area contributed by atoms with Gasteiger partial charge in [-0.15, -0.1) is 0 Å². The highest BCUT2D eigenvalue weighted by Gasteiger charge is 2.02. The second-order valence-electron chi connectivity index (χ2n) is 5.77. The number of hydrazone groups is 1. The van der Waals surface area contributed by atoms with Crippen molar-refractivity contribution in [3.05, 3.63) is 59.9 Å². The standard InChI is InChI=1S/C20H25N3O2/c1-2-3-4-5-6-15-25-19-9-7-17(8-10-19)16-22-23-20(24)18-11-13-21-14-12-18/h7-14,16H,2-6,15H2,1H3,(H,23,24)/b22-16+. The zero-order valence-electron chi connectivity index (χ0n) is 14.6. The Morgan fingerprint density at radius 3 is 2.52 bits per heavy atom. The molecule has 0 spiro atoms. The number of nitrogens with zero attached hydrogens (tertiary/aromatic N) is 2. The summed E-state index contributed by atoms with van der Waals surface area (Å²) in [7, 11) is 0. The van der Waals surface area contributed by atoms with Gasteiger partial charge in [0.25, 0.3) is 5.91 Å². The molecule has 0 fully saturated rings. The van der Waals surface area contributed by atoms with Gasteiger partial charge in [-0.05, 0) is 48.4 Å². The molecule has 1 amide bonds. The molecular weight excluding hydrogens is 314 g/mol. The molecule has 1 heterocycles. The van der Waals surface area contributed by atoms with Gasteiger partial charge in [0, 0.05) is 18.0 Å². The summed E-state index contributed by atoms with van der Waals surface area (Å²) >= 11 is 0. The van der Waals surface area contributed by atoms with Gasteiger partial charge < -0.3 is 4.74 Å². The first-order chi connectivity index (χ1) is 12.3. The summed E-state index contributed by atoms with van der Waals surface area (Å²) in [5.41, 5.74) is 3.91. The SMILES string of the molecule is CCCCCCCOc1ccc(/C=N/NC(=O)c2ccncc2)cc1. The van der Waals surface area contributed by atoms with Crippen LogP contribution in [-0.2, 0) is 0 Å². The zero-order chi connectivity index (χ0) is 17.7. The number of ether oxygens (including phenoxy) is 1. The number of amides is 1. The third-order valence-electron chi connectivity index (χ3n) is 3.72. The van der Waals surface area contributed by atoms with Gasteiger partial charge >= 0.3 is 0 Å². The lowest BCUT2D eigenvalue weighted by Crippen LogP contribution is -2.17. The molecule has 1 aromatic carbocycles. The van der Waals surface area contributed by atoms with E-state index in [4.69, 9.17) is 4.74 Å². The van der Waals surface area contributed by atoms with Crippen molar-refractivity contribution >= 4 is 12.1 Å². The quantitative estimate of drug-likeness (QED) is 0.401. The van der Waals surface area contributed by atoms with E-state index in [0.717, 1.165) is 24.3 Å². The van der Waals surface area contributed by atoms with Crippen LogP contribution < -0.4 is 10.2 Å². The monoisotopic (exact) mass is 339 g/mol. The van der Waals surface area contributed by atoms with Crippen LogP contribution in [-0.4, -0.2) is 23.7 Å². The van der Waals surface area contributed by atoms with Crippen molar-refractivity contribution in [1.82, 2.24) is 10.4 Å². The summed E-state index contributed by atoms with van der Waals surface area (Å²) in [6.07, 6.45) is 10.9. The Morgan fingerprint density at radius 2 is 1.80 bits per heavy atom. The molecule has 0 saturated heterocycles. The van der Waals surface area contributed by atoms with Crippen LogP contribution in [0.1, 0.15) is 54.9 Å². The van der Waals surface area contributed by atoms with E-state index in [1.807, 2.05) is 24.3 Å². The maximum Gasteiger partial charge on any atom is 0.271 e. The molecule has 1 N–H and O–H groups in total. The Morgan fingerprint density at radius 1 is 1.08 bits per heavy atom. The Kier molecular flexibility index (Phi) is 8.18. The van der Waals surface area contributed by atoms with Crippen LogP contribution in [0.5, 0.6) is 5.75 Å². The molecule has 5 nitrogen and oxygen atoms in total. The number of nitrogens with one attached hydrogen (secondary N) is 1. The van der Waals surface area contributed by atoms with Gasteiger partial charge in [-0.25, -0.2) is 5.43 Å². The predicted molar refractivity (Wildman–Crippen MR) is 100.0 cm³/mol. The summed E-state index contributed by atoms with van der Waals surface area (Å²) in [6, 6.07) is 10.9. The average Bonchev–Trinajstić information content (AvgIpc) is 2.66. The van der Waals surface area contributed by atoms with Crippen LogP contribution in [0.3, 0.4) is 0 Å². The number of unbranched alkanes of at least 4 members (excludes halogenated alkanes) is 4. The molecule has 0 atom stereocenters. The summed E-state index contributed by atoms with van der Waals surface area (Å²) in [5, 5.41) is 3.97. The molecule has 0 aliphatic rings. The molecule has 1 aromatic heterocycles. The first-order valence-electron chi connectivity index (χ1n) is 8.76. The topological polar surface area (TPSA) is 63.6 Å². The number of carbonyl (C=O) groups excluding carboxylic acids is 1. The second kappa shape index (κ2) is 11.0. The third-order valence-corrected chi connectivity index (χ3v) is 3.72. The Labute approximate surface area is 149 Å². The summed E-state index contributed by atoms with van der Waals surface area (Å²) < 4.78 is 5.72. The van der Waals surface area contributed by atoms with Gasteiger partial charge in [0.1, 0.15) is 5.75 Å². The number of rotatable bonds is 10. The van der Waals surface area contributed by atoms with Crippen molar-refractivity contribution in [3.8, 4) is 5.75 Å². The van der Waals surface area contributed by atoms with Gasteiger partial charge in [-0.3, -0.25) is 9.78 Å². The molecule has 25 heavy (non-hydrogen) atoms. The lowest BCUT2D eigenvalue weighted by molar-refractivity contribution is 0.0955. The molecule has 2 rings (SSSR count). The molecule has 5 heteroatoms. The Balaban J connectivity index is 1.71. The first-order valence-corrected chi connectivity index (χ1v) is 8.76. The number of hydrogen-bond donors (Lipinski definition) is 1. The third kappa shape index (κ3) is 7.16. The number of aromatic nitrogens is 1. The minimum Gasteiger partial charge on any atom is -0.494 e. The molecule has 0 radical (unpaired) electrons. The lowest BCUT2D eigenvalue weighted by atomic mass is 10.2. The fourth-order valence-corrected chi connectivity index (χ4v) is 2.28. The van der Waals surface area contributed by atoms with E-state index in [-0.39, 0.29) is 5.91 Å². The minimum atomic E-state index is -0.262. The molecule has 132 valence electrons. The molecule has 0 aliphatic heterocycles. The zero-order valence-corrected chi connectivity index (χ0v) is 14.6. The smallest absolute Gasteiger partial charge is 0.271 e. The van der Waals surface area contributed by atoms with Gasteiger partial charge in [0.15, 0.2) is 0 Å². The Bertz CT molecular complexity index is 654. The molecule has 2 aromatic rings. The summed E-state index contributed by atoms with van der Waals surface area (Å²) in [5.74, 6) is 0.593. The molecule has 0 unspecified atom stereocenters. The average molecular weight is 339 g/mol. The van der Waals surface area contributed by atoms with E-state index in [2.05, 4.69) is 22.4 Å². The lowest BCUT2D eigenvalue weighted by Gasteiger charge is -2.06. The highest BCUT2D eigenvalue weighted by atomic mass is 16.5. The van der Waals surface area contributed by atoms with Crippen LogP contribution in [0.25, 0.3) is 0 Å². The van der Waals surface area contributed by atoms with Crippen LogP contribution in [0.2, 0.25) is 0 Å². The number of pyridine rings is 1.